The van der Waals surface area contributed by atoms with E-state index in [2.05, 4.69) is 5.32 Å². The molecule has 2 aromatic carbocycles. The predicted molar refractivity (Wildman–Crippen MR) is 109 cm³/mol. The highest BCUT2D eigenvalue weighted by atomic mass is 32.2. The van der Waals surface area contributed by atoms with E-state index in [1.54, 1.807) is 0 Å². The summed E-state index contributed by atoms with van der Waals surface area (Å²) in [6.07, 6.45) is -1.98. The minimum atomic E-state index is -4.49. The van der Waals surface area contributed by atoms with Crippen molar-refractivity contribution in [3.8, 4) is 0 Å². The van der Waals surface area contributed by atoms with Crippen LogP contribution in [0.15, 0.2) is 53.4 Å². The number of hydrogen-bond donors (Lipinski definition) is 1. The Morgan fingerprint density at radius 3 is 2.28 bits per heavy atom. The Kier molecular flexibility index (Phi) is 7.19. The molecule has 3 rings (SSSR count). The van der Waals surface area contributed by atoms with E-state index in [9.17, 15) is 31.2 Å². The van der Waals surface area contributed by atoms with Gasteiger partial charge in [0, 0.05) is 18.8 Å². The van der Waals surface area contributed by atoms with Gasteiger partial charge in [-0.05, 0) is 55.3 Å². The normalized spacial score (nSPS) is 15.2. The van der Waals surface area contributed by atoms with Gasteiger partial charge in [-0.2, -0.15) is 17.5 Å². The lowest BCUT2D eigenvalue weighted by molar-refractivity contribution is -0.137. The highest BCUT2D eigenvalue weighted by Crippen LogP contribution is 2.29. The van der Waals surface area contributed by atoms with Gasteiger partial charge in [-0.3, -0.25) is 4.79 Å². The monoisotopic (exact) mass is 470 g/mol. The SMILES string of the molecule is O=C(COC(=O)c1cccc(S(=O)(=O)N2CCCCC2)c1)Nc1ccc(C(F)(F)F)cc1. The number of nitrogens with one attached hydrogen (secondary N) is 1. The van der Waals surface area contributed by atoms with Crippen LogP contribution in [-0.2, 0) is 25.7 Å². The molecule has 0 saturated carbocycles. The van der Waals surface area contributed by atoms with Gasteiger partial charge in [-0.15, -0.1) is 0 Å². The standard InChI is InChI=1S/C21H21F3N2O5S/c22-21(23,24)16-7-9-17(10-8-16)25-19(27)14-31-20(28)15-5-4-6-18(13-15)32(29,30)26-11-2-1-3-12-26/h4-10,13H,1-3,11-12,14H2,(H,25,27). The second kappa shape index (κ2) is 9.70. The van der Waals surface area contributed by atoms with Gasteiger partial charge in [0.2, 0.25) is 10.0 Å². The molecule has 0 unspecified atom stereocenters. The highest BCUT2D eigenvalue weighted by Gasteiger charge is 2.30. The smallest absolute Gasteiger partial charge is 0.416 e. The van der Waals surface area contributed by atoms with Crippen molar-refractivity contribution >= 4 is 27.6 Å². The lowest BCUT2D eigenvalue weighted by Crippen LogP contribution is -2.35. The van der Waals surface area contributed by atoms with Crippen molar-refractivity contribution in [2.24, 2.45) is 0 Å². The first kappa shape index (κ1) is 23.7. The Morgan fingerprint density at radius 2 is 1.66 bits per heavy atom. The molecule has 1 amide bonds. The maximum atomic E-state index is 12.8. The number of anilines is 1. The van der Waals surface area contributed by atoms with Crippen molar-refractivity contribution in [1.29, 1.82) is 0 Å². The van der Waals surface area contributed by atoms with E-state index in [1.807, 2.05) is 0 Å². The topological polar surface area (TPSA) is 92.8 Å². The summed E-state index contributed by atoms with van der Waals surface area (Å²) < 4.78 is 69.5. The van der Waals surface area contributed by atoms with Crippen molar-refractivity contribution in [3.63, 3.8) is 0 Å². The van der Waals surface area contributed by atoms with Crippen LogP contribution in [0.3, 0.4) is 0 Å². The number of amides is 1. The number of esters is 1. The molecular weight excluding hydrogens is 449 g/mol. The lowest BCUT2D eigenvalue weighted by atomic mass is 10.2. The van der Waals surface area contributed by atoms with Crippen molar-refractivity contribution < 1.29 is 35.9 Å². The molecule has 1 heterocycles. The van der Waals surface area contributed by atoms with Crippen LogP contribution in [-0.4, -0.2) is 44.3 Å². The number of carbonyl (C=O) groups excluding carboxylic acids is 2. The molecule has 0 aliphatic carbocycles. The Labute approximate surface area is 183 Å². The number of sulfonamides is 1. The molecule has 1 N–H and O–H groups in total. The number of benzene rings is 2. The number of carbonyl (C=O) groups is 2. The quantitative estimate of drug-likeness (QED) is 0.651. The third kappa shape index (κ3) is 5.86. The van der Waals surface area contributed by atoms with Crippen molar-refractivity contribution in [1.82, 2.24) is 4.31 Å². The summed E-state index contributed by atoms with van der Waals surface area (Å²) in [6.45, 7) is 0.144. The van der Waals surface area contributed by atoms with E-state index in [0.717, 1.165) is 43.5 Å². The Balaban J connectivity index is 1.59. The molecule has 0 aromatic heterocycles. The van der Waals surface area contributed by atoms with E-state index >= 15 is 0 Å². The third-order valence-electron chi connectivity index (χ3n) is 4.85. The van der Waals surface area contributed by atoms with Crippen molar-refractivity contribution in [3.05, 3.63) is 59.7 Å². The fraction of sp³-hybridized carbons (Fsp3) is 0.333. The maximum absolute atomic E-state index is 12.8. The van der Waals surface area contributed by atoms with Crippen LogP contribution in [0.1, 0.15) is 35.2 Å². The number of alkyl halides is 3. The van der Waals surface area contributed by atoms with E-state index < -0.39 is 40.2 Å². The van der Waals surface area contributed by atoms with Crippen molar-refractivity contribution in [2.75, 3.05) is 25.0 Å². The van der Waals surface area contributed by atoms with Crippen LogP contribution in [0.2, 0.25) is 0 Å². The number of rotatable bonds is 6. The summed E-state index contributed by atoms with van der Waals surface area (Å²) in [6, 6.07) is 9.15. The first-order valence-electron chi connectivity index (χ1n) is 9.82. The summed E-state index contributed by atoms with van der Waals surface area (Å²) in [5.74, 6) is -1.65. The number of hydrogen-bond acceptors (Lipinski definition) is 5. The van der Waals surface area contributed by atoms with Gasteiger partial charge < -0.3 is 10.1 Å². The van der Waals surface area contributed by atoms with E-state index in [1.165, 1.54) is 28.6 Å². The minimum absolute atomic E-state index is 0.0367. The van der Waals surface area contributed by atoms with Gasteiger partial charge in [0.25, 0.3) is 5.91 Å². The number of halogens is 3. The molecule has 7 nitrogen and oxygen atoms in total. The fourth-order valence-corrected chi connectivity index (χ4v) is 4.76. The van der Waals surface area contributed by atoms with Crippen LogP contribution >= 0.6 is 0 Å². The predicted octanol–water partition coefficient (Wildman–Crippen LogP) is 3.68. The van der Waals surface area contributed by atoms with Crippen LogP contribution in [0.25, 0.3) is 0 Å². The Hall–Kier alpha value is -2.92. The summed E-state index contributed by atoms with van der Waals surface area (Å²) in [5, 5.41) is 2.32. The van der Waals surface area contributed by atoms with Gasteiger partial charge >= 0.3 is 12.1 Å². The molecule has 0 spiro atoms. The maximum Gasteiger partial charge on any atom is 0.416 e. The Bertz CT molecular complexity index is 1080. The molecule has 1 fully saturated rings. The molecule has 11 heteroatoms. The highest BCUT2D eigenvalue weighted by molar-refractivity contribution is 7.89. The van der Waals surface area contributed by atoms with Gasteiger partial charge in [-0.25, -0.2) is 13.2 Å². The fourth-order valence-electron chi connectivity index (χ4n) is 3.19. The van der Waals surface area contributed by atoms with Crippen molar-refractivity contribution in [2.45, 2.75) is 30.3 Å². The number of piperidine rings is 1. The third-order valence-corrected chi connectivity index (χ3v) is 6.75. The second-order valence-electron chi connectivity index (χ2n) is 7.19. The Morgan fingerprint density at radius 1 is 1.00 bits per heavy atom. The number of nitrogens with zero attached hydrogens (tertiary/aromatic N) is 1. The van der Waals surface area contributed by atoms with Crippen LogP contribution < -0.4 is 5.32 Å². The number of ether oxygens (including phenoxy) is 1. The molecule has 1 aliphatic rings. The van der Waals surface area contributed by atoms with E-state index in [-0.39, 0.29) is 16.1 Å². The summed E-state index contributed by atoms with van der Waals surface area (Å²) in [7, 11) is -3.74. The molecule has 0 bridgehead atoms. The summed E-state index contributed by atoms with van der Waals surface area (Å²) >= 11 is 0. The van der Waals surface area contributed by atoms with E-state index in [0.29, 0.717) is 13.1 Å². The van der Waals surface area contributed by atoms with Gasteiger partial charge in [0.15, 0.2) is 6.61 Å². The first-order valence-corrected chi connectivity index (χ1v) is 11.3. The zero-order valence-corrected chi connectivity index (χ0v) is 17.7. The first-order chi connectivity index (χ1) is 15.1. The molecule has 0 radical (unpaired) electrons. The lowest BCUT2D eigenvalue weighted by Gasteiger charge is -2.25. The zero-order chi connectivity index (χ0) is 23.4. The minimum Gasteiger partial charge on any atom is -0.452 e. The average molecular weight is 470 g/mol. The van der Waals surface area contributed by atoms with E-state index in [4.69, 9.17) is 4.74 Å². The summed E-state index contributed by atoms with van der Waals surface area (Å²) in [4.78, 5) is 24.2. The zero-order valence-electron chi connectivity index (χ0n) is 16.9. The summed E-state index contributed by atoms with van der Waals surface area (Å²) in [5.41, 5.74) is -0.791. The van der Waals surface area contributed by atoms with Gasteiger partial charge in [0.1, 0.15) is 0 Å². The molecule has 32 heavy (non-hydrogen) atoms. The largest absolute Gasteiger partial charge is 0.452 e. The second-order valence-corrected chi connectivity index (χ2v) is 9.13. The molecule has 0 atom stereocenters. The van der Waals surface area contributed by atoms with Gasteiger partial charge in [-0.1, -0.05) is 12.5 Å². The molecule has 172 valence electrons. The van der Waals surface area contributed by atoms with Crippen LogP contribution in [0, 0.1) is 0 Å². The van der Waals surface area contributed by atoms with Crippen LogP contribution in [0.4, 0.5) is 18.9 Å². The molecule has 1 saturated heterocycles. The molecule has 1 aliphatic heterocycles. The molecule has 2 aromatic rings. The van der Waals surface area contributed by atoms with Gasteiger partial charge in [0.05, 0.1) is 16.0 Å². The molecular formula is C21H21F3N2O5S. The average Bonchev–Trinajstić information content (AvgIpc) is 2.78. The van der Waals surface area contributed by atoms with Crippen LogP contribution in [0.5, 0.6) is 0 Å².